The molecule has 3 heteroatoms. The van der Waals surface area contributed by atoms with E-state index in [-0.39, 0.29) is 6.42 Å². The van der Waals surface area contributed by atoms with Crippen LogP contribution in [0.5, 0.6) is 0 Å². The first-order chi connectivity index (χ1) is 3.31. The summed E-state index contributed by atoms with van der Waals surface area (Å²) in [6.07, 6.45) is -0.281. The van der Waals surface area contributed by atoms with Crippen LogP contribution in [0.15, 0.2) is 0 Å². The van der Waals surface area contributed by atoms with Crippen molar-refractivity contribution in [1.29, 1.82) is 0 Å². The molecule has 7 heavy (non-hydrogen) atoms. The van der Waals surface area contributed by atoms with Crippen molar-refractivity contribution in [1.82, 2.24) is 0 Å². The molecule has 0 radical (unpaired) electrons. The summed E-state index contributed by atoms with van der Waals surface area (Å²) in [5.74, 6) is -0.664. The van der Waals surface area contributed by atoms with Gasteiger partial charge in [0.2, 0.25) is 0 Å². The highest BCUT2D eigenvalue weighted by Crippen LogP contribution is 1.83. The van der Waals surface area contributed by atoms with Gasteiger partial charge in [0.1, 0.15) is 6.67 Å². The van der Waals surface area contributed by atoms with Crippen molar-refractivity contribution in [2.75, 3.05) is 13.3 Å². The number of hydrogen-bond donors (Lipinski definition) is 0. The zero-order valence-corrected chi connectivity index (χ0v) is 3.79. The molecule has 0 unspecified atom stereocenters. The molecule has 0 atom stereocenters. The van der Waals surface area contributed by atoms with Crippen molar-refractivity contribution >= 4 is 5.78 Å². The second-order valence-corrected chi connectivity index (χ2v) is 1.11. The lowest BCUT2D eigenvalue weighted by molar-refractivity contribution is -0.120. The first-order valence-electron chi connectivity index (χ1n) is 1.95. The molecule has 0 aliphatic rings. The van der Waals surface area contributed by atoms with Gasteiger partial charge in [-0.2, -0.15) is 0 Å². The van der Waals surface area contributed by atoms with Crippen molar-refractivity contribution in [3.05, 3.63) is 0 Å². The van der Waals surface area contributed by atoms with Gasteiger partial charge in [-0.1, -0.05) is 0 Å². The molecule has 0 aromatic carbocycles. The molecular weight excluding hydrogens is 102 g/mol. The van der Waals surface area contributed by atoms with Crippen LogP contribution in [-0.4, -0.2) is 19.1 Å². The molecule has 0 bridgehead atoms. The van der Waals surface area contributed by atoms with Gasteiger partial charge in [0, 0.05) is 6.42 Å². The molecule has 0 aliphatic carbocycles. The van der Waals surface area contributed by atoms with Crippen LogP contribution in [0.25, 0.3) is 0 Å². The van der Waals surface area contributed by atoms with E-state index in [1.54, 1.807) is 0 Å². The third kappa shape index (κ3) is 3.36. The van der Waals surface area contributed by atoms with Gasteiger partial charge in [-0.05, 0) is 0 Å². The molecule has 0 N–H and O–H groups in total. The fraction of sp³-hybridized carbons (Fsp3) is 0.750. The van der Waals surface area contributed by atoms with Crippen molar-refractivity contribution in [2.24, 2.45) is 0 Å². The zero-order valence-electron chi connectivity index (χ0n) is 3.79. The predicted molar refractivity (Wildman–Crippen MR) is 21.6 cm³/mol. The zero-order chi connectivity index (χ0) is 5.70. The highest BCUT2D eigenvalue weighted by molar-refractivity contribution is 5.79. The Kier molecular flexibility index (Phi) is 3.46. The Morgan fingerprint density at radius 1 is 1.43 bits per heavy atom. The van der Waals surface area contributed by atoms with E-state index in [0.717, 1.165) is 0 Å². The number of carbonyl (C=O) groups is 1. The molecule has 42 valence electrons. The number of Topliss-reactive ketones (excluding diaryl/α,β-unsaturated/α-hetero) is 1. The van der Waals surface area contributed by atoms with Gasteiger partial charge in [-0.15, -0.1) is 0 Å². The van der Waals surface area contributed by atoms with Crippen LogP contribution in [0.1, 0.15) is 6.42 Å². The maximum absolute atomic E-state index is 11.1. The molecule has 0 fully saturated rings. The van der Waals surface area contributed by atoms with E-state index in [0.29, 0.717) is 0 Å². The molecular formula is C4H6F2O. The molecule has 0 saturated carbocycles. The summed E-state index contributed by atoms with van der Waals surface area (Å²) in [5, 5.41) is 0. The molecule has 0 aromatic heterocycles. The van der Waals surface area contributed by atoms with Gasteiger partial charge >= 0.3 is 0 Å². The lowest BCUT2D eigenvalue weighted by Crippen LogP contribution is -1.99. The number of alkyl halides is 2. The van der Waals surface area contributed by atoms with Crippen LogP contribution in [0.4, 0.5) is 8.78 Å². The highest BCUT2D eigenvalue weighted by atomic mass is 19.1. The fourth-order valence-electron chi connectivity index (χ4n) is 0.172. The lowest BCUT2D eigenvalue weighted by Gasteiger charge is -1.83. The SMILES string of the molecule is O=C(CF)CCF. The summed E-state index contributed by atoms with van der Waals surface area (Å²) in [6, 6.07) is 0. The average molecular weight is 108 g/mol. The summed E-state index contributed by atoms with van der Waals surface area (Å²) in [5.41, 5.74) is 0. The number of halogens is 2. The standard InChI is InChI=1S/C4H6F2O/c5-2-1-4(7)3-6/h1-3H2. The van der Waals surface area contributed by atoms with Gasteiger partial charge in [0.15, 0.2) is 5.78 Å². The van der Waals surface area contributed by atoms with Crippen LogP contribution < -0.4 is 0 Å². The quantitative estimate of drug-likeness (QED) is 0.524. The number of hydrogen-bond acceptors (Lipinski definition) is 1. The van der Waals surface area contributed by atoms with Gasteiger partial charge < -0.3 is 0 Å². The van der Waals surface area contributed by atoms with Gasteiger partial charge in [0.25, 0.3) is 0 Å². The van der Waals surface area contributed by atoms with Crippen molar-refractivity contribution in [2.45, 2.75) is 6.42 Å². The van der Waals surface area contributed by atoms with E-state index in [9.17, 15) is 13.6 Å². The van der Waals surface area contributed by atoms with Crippen molar-refractivity contribution in [3.8, 4) is 0 Å². The van der Waals surface area contributed by atoms with Gasteiger partial charge in [0.05, 0.1) is 6.67 Å². The highest BCUT2D eigenvalue weighted by Gasteiger charge is 1.96. The van der Waals surface area contributed by atoms with E-state index in [1.807, 2.05) is 0 Å². The van der Waals surface area contributed by atoms with Crippen molar-refractivity contribution in [3.63, 3.8) is 0 Å². The fourth-order valence-corrected chi connectivity index (χ4v) is 0.172. The van der Waals surface area contributed by atoms with E-state index in [1.165, 1.54) is 0 Å². The monoisotopic (exact) mass is 108 g/mol. The summed E-state index contributed by atoms with van der Waals surface area (Å²) >= 11 is 0. The molecule has 1 nitrogen and oxygen atoms in total. The van der Waals surface area contributed by atoms with Crippen LogP contribution >= 0.6 is 0 Å². The Bertz CT molecular complexity index is 62.7. The largest absolute Gasteiger partial charge is 0.297 e. The van der Waals surface area contributed by atoms with Gasteiger partial charge in [-0.3, -0.25) is 9.18 Å². The van der Waals surface area contributed by atoms with Crippen LogP contribution in [0, 0.1) is 0 Å². The Balaban J connectivity index is 3.00. The summed E-state index contributed by atoms with van der Waals surface area (Å²) in [4.78, 5) is 9.80. The van der Waals surface area contributed by atoms with E-state index in [2.05, 4.69) is 0 Å². The van der Waals surface area contributed by atoms with Crippen LogP contribution in [0.2, 0.25) is 0 Å². The molecule has 0 aromatic rings. The molecule has 0 heterocycles. The third-order valence-electron chi connectivity index (χ3n) is 0.522. The number of rotatable bonds is 3. The Labute approximate surface area is 40.3 Å². The summed E-state index contributed by atoms with van der Waals surface area (Å²) in [6.45, 7) is -1.79. The van der Waals surface area contributed by atoms with Crippen LogP contribution in [-0.2, 0) is 4.79 Å². The number of ketones is 1. The maximum Gasteiger partial charge on any atom is 0.166 e. The minimum absolute atomic E-state index is 0.281. The smallest absolute Gasteiger partial charge is 0.166 e. The summed E-state index contributed by atoms with van der Waals surface area (Å²) < 4.78 is 22.1. The van der Waals surface area contributed by atoms with E-state index >= 15 is 0 Å². The molecule has 0 amide bonds. The minimum atomic E-state index is -1.04. The van der Waals surface area contributed by atoms with E-state index in [4.69, 9.17) is 0 Å². The molecule has 0 spiro atoms. The topological polar surface area (TPSA) is 17.1 Å². The Morgan fingerprint density at radius 2 is 2.00 bits per heavy atom. The van der Waals surface area contributed by atoms with Gasteiger partial charge in [-0.25, -0.2) is 4.39 Å². The third-order valence-corrected chi connectivity index (χ3v) is 0.522. The maximum atomic E-state index is 11.1. The number of carbonyl (C=O) groups excluding carboxylic acids is 1. The second kappa shape index (κ2) is 3.71. The minimum Gasteiger partial charge on any atom is -0.297 e. The molecule has 0 rings (SSSR count). The molecule has 0 aliphatic heterocycles. The predicted octanol–water partition coefficient (Wildman–Crippen LogP) is 0.885. The van der Waals surface area contributed by atoms with Crippen molar-refractivity contribution < 1.29 is 13.6 Å². The lowest BCUT2D eigenvalue weighted by atomic mass is 10.3. The van der Waals surface area contributed by atoms with Crippen LogP contribution in [0.3, 0.4) is 0 Å². The Hall–Kier alpha value is -0.470. The second-order valence-electron chi connectivity index (χ2n) is 1.11. The Morgan fingerprint density at radius 3 is 2.14 bits per heavy atom. The average Bonchev–Trinajstić information content (AvgIpc) is 1.68. The molecule has 0 saturated heterocycles. The first-order valence-corrected chi connectivity index (χ1v) is 1.95. The summed E-state index contributed by atoms with van der Waals surface area (Å²) in [7, 11) is 0. The normalized spacial score (nSPS) is 8.86. The first kappa shape index (κ1) is 6.53. The van der Waals surface area contributed by atoms with E-state index < -0.39 is 19.1 Å².